The molecule has 5 heteroatoms. The van der Waals surface area contributed by atoms with Gasteiger partial charge in [0.1, 0.15) is 5.92 Å². The summed E-state index contributed by atoms with van der Waals surface area (Å²) in [6, 6.07) is -0.323. The highest BCUT2D eigenvalue weighted by Gasteiger charge is 2.43. The molecule has 0 spiro atoms. The van der Waals surface area contributed by atoms with E-state index < -0.39 is 18.0 Å². The molecule has 0 aromatic rings. The van der Waals surface area contributed by atoms with E-state index in [2.05, 4.69) is 4.74 Å². The van der Waals surface area contributed by atoms with E-state index in [1.807, 2.05) is 0 Å². The van der Waals surface area contributed by atoms with E-state index in [0.717, 1.165) is 0 Å². The Balaban J connectivity index is 2.76. The smallest absolute Gasteiger partial charge is 0.313 e. The van der Waals surface area contributed by atoms with Crippen LogP contribution in [0.5, 0.6) is 0 Å². The number of hydrogen-bond donors (Lipinski definition) is 1. The Labute approximate surface area is 82.6 Å². The zero-order chi connectivity index (χ0) is 10.9. The molecule has 1 aliphatic rings. The first-order chi connectivity index (χ1) is 6.49. The second-order valence-corrected chi connectivity index (χ2v) is 3.53. The number of likely N-dealkylation sites (tertiary alicyclic amines) is 1. The van der Waals surface area contributed by atoms with E-state index in [0.29, 0.717) is 0 Å². The lowest BCUT2D eigenvalue weighted by atomic mass is 10.0. The maximum atomic E-state index is 11.2. The third kappa shape index (κ3) is 1.72. The number of aliphatic hydroxyl groups is 1. The zero-order valence-corrected chi connectivity index (χ0v) is 8.56. The van der Waals surface area contributed by atoms with Crippen LogP contribution in [-0.2, 0) is 14.3 Å². The van der Waals surface area contributed by atoms with E-state index in [-0.39, 0.29) is 18.5 Å². The summed E-state index contributed by atoms with van der Waals surface area (Å²) in [6.45, 7) is 3.38. The standard InChI is InChI=1S/C9H15NO4/c1-5-8(12)7(9(13)14-3)4-10(5)6(2)11/h5,7-8,12H,4H2,1-3H3/t5?,7?,8-/m0/s1. The monoisotopic (exact) mass is 201 g/mol. The quantitative estimate of drug-likeness (QED) is 0.574. The largest absolute Gasteiger partial charge is 0.469 e. The number of nitrogens with zero attached hydrogens (tertiary/aromatic N) is 1. The van der Waals surface area contributed by atoms with Gasteiger partial charge < -0.3 is 14.7 Å². The Morgan fingerprint density at radius 1 is 1.50 bits per heavy atom. The van der Waals surface area contributed by atoms with Gasteiger partial charge in [0.05, 0.1) is 19.3 Å². The molecule has 5 nitrogen and oxygen atoms in total. The number of esters is 1. The fourth-order valence-electron chi connectivity index (χ4n) is 1.79. The predicted molar refractivity (Wildman–Crippen MR) is 48.4 cm³/mol. The van der Waals surface area contributed by atoms with Crippen LogP contribution >= 0.6 is 0 Å². The average molecular weight is 201 g/mol. The normalized spacial score (nSPS) is 31.7. The van der Waals surface area contributed by atoms with Crippen molar-refractivity contribution in [2.45, 2.75) is 26.0 Å². The SMILES string of the molecule is COC(=O)C1CN(C(C)=O)C(C)[C@@H]1O. The van der Waals surface area contributed by atoms with Crippen LogP contribution in [0.1, 0.15) is 13.8 Å². The topological polar surface area (TPSA) is 66.8 Å². The van der Waals surface area contributed by atoms with Gasteiger partial charge in [-0.2, -0.15) is 0 Å². The van der Waals surface area contributed by atoms with Crippen LogP contribution in [0.25, 0.3) is 0 Å². The molecule has 1 aliphatic heterocycles. The molecular formula is C9H15NO4. The Morgan fingerprint density at radius 2 is 2.07 bits per heavy atom. The van der Waals surface area contributed by atoms with Crippen molar-refractivity contribution in [3.63, 3.8) is 0 Å². The van der Waals surface area contributed by atoms with Crippen LogP contribution in [0.4, 0.5) is 0 Å². The van der Waals surface area contributed by atoms with Crippen molar-refractivity contribution in [2.75, 3.05) is 13.7 Å². The van der Waals surface area contributed by atoms with Crippen molar-refractivity contribution < 1.29 is 19.4 Å². The summed E-state index contributed by atoms with van der Waals surface area (Å²) >= 11 is 0. The molecular weight excluding hydrogens is 186 g/mol. The molecule has 0 aromatic heterocycles. The van der Waals surface area contributed by atoms with E-state index >= 15 is 0 Å². The number of carbonyl (C=O) groups is 2. The van der Waals surface area contributed by atoms with Crippen LogP contribution < -0.4 is 0 Å². The second kappa shape index (κ2) is 3.96. The van der Waals surface area contributed by atoms with Crippen LogP contribution in [0.3, 0.4) is 0 Å². The van der Waals surface area contributed by atoms with Gasteiger partial charge in [-0.15, -0.1) is 0 Å². The van der Waals surface area contributed by atoms with Gasteiger partial charge in [0, 0.05) is 13.5 Å². The summed E-state index contributed by atoms with van der Waals surface area (Å²) < 4.78 is 4.54. The van der Waals surface area contributed by atoms with Gasteiger partial charge >= 0.3 is 5.97 Å². The molecule has 1 fully saturated rings. The first-order valence-electron chi connectivity index (χ1n) is 4.52. The molecule has 1 N–H and O–H groups in total. The highest BCUT2D eigenvalue weighted by atomic mass is 16.5. The fraction of sp³-hybridized carbons (Fsp3) is 0.778. The minimum Gasteiger partial charge on any atom is -0.469 e. The molecule has 3 atom stereocenters. The molecule has 2 unspecified atom stereocenters. The van der Waals surface area contributed by atoms with Crippen molar-refractivity contribution in [1.82, 2.24) is 4.90 Å². The molecule has 80 valence electrons. The lowest BCUT2D eigenvalue weighted by Gasteiger charge is -2.20. The van der Waals surface area contributed by atoms with Crippen molar-refractivity contribution in [3.05, 3.63) is 0 Å². The van der Waals surface area contributed by atoms with E-state index in [9.17, 15) is 14.7 Å². The number of carbonyl (C=O) groups excluding carboxylic acids is 2. The van der Waals surface area contributed by atoms with Crippen LogP contribution in [0, 0.1) is 5.92 Å². The molecule has 14 heavy (non-hydrogen) atoms. The molecule has 1 amide bonds. The fourth-order valence-corrected chi connectivity index (χ4v) is 1.79. The Bertz CT molecular complexity index is 253. The van der Waals surface area contributed by atoms with Gasteiger partial charge in [-0.3, -0.25) is 9.59 Å². The predicted octanol–water partition coefficient (Wildman–Crippen LogP) is -0.613. The molecule has 1 heterocycles. The van der Waals surface area contributed by atoms with Crippen molar-refractivity contribution >= 4 is 11.9 Å². The van der Waals surface area contributed by atoms with Gasteiger partial charge in [-0.25, -0.2) is 0 Å². The first kappa shape index (κ1) is 11.0. The number of hydrogen-bond acceptors (Lipinski definition) is 4. The molecule has 1 rings (SSSR count). The lowest BCUT2D eigenvalue weighted by molar-refractivity contribution is -0.147. The van der Waals surface area contributed by atoms with Crippen molar-refractivity contribution in [3.8, 4) is 0 Å². The van der Waals surface area contributed by atoms with Crippen LogP contribution in [0.2, 0.25) is 0 Å². The Hall–Kier alpha value is -1.10. The van der Waals surface area contributed by atoms with E-state index in [1.165, 1.54) is 18.9 Å². The maximum absolute atomic E-state index is 11.2. The van der Waals surface area contributed by atoms with Gasteiger partial charge in [-0.05, 0) is 6.92 Å². The zero-order valence-electron chi connectivity index (χ0n) is 8.56. The summed E-state index contributed by atoms with van der Waals surface area (Å²) in [6.07, 6.45) is -0.827. The van der Waals surface area contributed by atoms with Crippen LogP contribution in [0.15, 0.2) is 0 Å². The van der Waals surface area contributed by atoms with Crippen molar-refractivity contribution in [1.29, 1.82) is 0 Å². The third-order valence-electron chi connectivity index (χ3n) is 2.70. The highest BCUT2D eigenvalue weighted by molar-refractivity contribution is 5.78. The Kier molecular flexibility index (Phi) is 3.10. The number of methoxy groups -OCH3 is 1. The van der Waals surface area contributed by atoms with Gasteiger partial charge in [-0.1, -0.05) is 0 Å². The number of ether oxygens (including phenoxy) is 1. The second-order valence-electron chi connectivity index (χ2n) is 3.53. The molecule has 0 aliphatic carbocycles. The minimum absolute atomic E-state index is 0.136. The van der Waals surface area contributed by atoms with E-state index in [1.54, 1.807) is 6.92 Å². The average Bonchev–Trinajstić information content (AvgIpc) is 2.43. The third-order valence-corrected chi connectivity index (χ3v) is 2.70. The number of amides is 1. The number of rotatable bonds is 1. The first-order valence-corrected chi connectivity index (χ1v) is 4.52. The van der Waals surface area contributed by atoms with Crippen molar-refractivity contribution in [2.24, 2.45) is 5.92 Å². The summed E-state index contributed by atoms with van der Waals surface area (Å²) in [5.41, 5.74) is 0. The minimum atomic E-state index is -0.827. The molecule has 0 radical (unpaired) electrons. The van der Waals surface area contributed by atoms with Gasteiger partial charge in [0.2, 0.25) is 5.91 Å². The molecule has 0 saturated carbocycles. The molecule has 0 bridgehead atoms. The summed E-state index contributed by atoms with van der Waals surface area (Å²) in [4.78, 5) is 23.8. The molecule has 0 aromatic carbocycles. The summed E-state index contributed by atoms with van der Waals surface area (Å²) in [5, 5.41) is 9.68. The van der Waals surface area contributed by atoms with Gasteiger partial charge in [0.15, 0.2) is 0 Å². The Morgan fingerprint density at radius 3 is 2.43 bits per heavy atom. The number of aliphatic hydroxyl groups excluding tert-OH is 1. The van der Waals surface area contributed by atoms with E-state index in [4.69, 9.17) is 0 Å². The lowest BCUT2D eigenvalue weighted by Crippen LogP contribution is -2.35. The summed E-state index contributed by atoms with van der Waals surface area (Å²) in [5.74, 6) is -1.21. The highest BCUT2D eigenvalue weighted by Crippen LogP contribution is 2.24. The van der Waals surface area contributed by atoms with Crippen LogP contribution in [-0.4, -0.2) is 47.7 Å². The maximum Gasteiger partial charge on any atom is 0.313 e. The molecule has 1 saturated heterocycles. The summed E-state index contributed by atoms with van der Waals surface area (Å²) in [7, 11) is 1.27. The van der Waals surface area contributed by atoms with Gasteiger partial charge in [0.25, 0.3) is 0 Å².